The molecule has 1 atom stereocenters. The molecule has 4 aromatic carbocycles. The first-order valence-electron chi connectivity index (χ1n) is 16.0. The Bertz CT molecular complexity index is 1610. The molecule has 1 unspecified atom stereocenters. The highest BCUT2D eigenvalue weighted by Gasteiger charge is 2.40. The van der Waals surface area contributed by atoms with Gasteiger partial charge in [0.05, 0.1) is 12.6 Å². The van der Waals surface area contributed by atoms with Crippen LogP contribution in [0.25, 0.3) is 0 Å². The second-order valence-corrected chi connectivity index (χ2v) is 15.4. The van der Waals surface area contributed by atoms with E-state index < -0.39 is 19.0 Å². The van der Waals surface area contributed by atoms with E-state index in [0.29, 0.717) is 19.3 Å². The van der Waals surface area contributed by atoms with Crippen LogP contribution < -0.4 is 21.2 Å². The van der Waals surface area contributed by atoms with Crippen LogP contribution in [-0.4, -0.2) is 29.8 Å². The third kappa shape index (κ3) is 7.16. The van der Waals surface area contributed by atoms with Crippen LogP contribution in [0.1, 0.15) is 51.0 Å². The molecule has 0 bridgehead atoms. The summed E-state index contributed by atoms with van der Waals surface area (Å²) in [5, 5.41) is 16.6. The number of unbranched alkanes of at least 4 members (excludes halogenated alkanes) is 1. The molecule has 0 radical (unpaired) electrons. The maximum Gasteiger partial charge on any atom is 0.407 e. The molecule has 5 nitrogen and oxygen atoms in total. The lowest BCUT2D eigenvalue weighted by atomic mass is 9.66. The van der Waals surface area contributed by atoms with Crippen LogP contribution in [0.3, 0.4) is 0 Å². The Kier molecular flexibility index (Phi) is 10.9. The molecule has 236 valence electrons. The van der Waals surface area contributed by atoms with E-state index in [0.717, 1.165) is 47.2 Å². The van der Waals surface area contributed by atoms with E-state index in [1.54, 1.807) is 12.1 Å². The Hall–Kier alpha value is -4.46. The molecule has 0 aromatic heterocycles. The predicted octanol–water partition coefficient (Wildman–Crippen LogP) is 7.08. The number of nitrogens with one attached hydrogen (secondary N) is 1. The largest absolute Gasteiger partial charge is 0.449 e. The van der Waals surface area contributed by atoms with Crippen molar-refractivity contribution in [2.24, 2.45) is 5.41 Å². The van der Waals surface area contributed by atoms with E-state index in [9.17, 15) is 19.2 Å². The Balaban J connectivity index is 1.50. The first-order valence-corrected chi connectivity index (χ1v) is 17.8. The lowest BCUT2D eigenvalue weighted by Crippen LogP contribution is -2.47. The number of nitrogens with zero attached hydrogens (tertiary/aromatic N) is 1. The van der Waals surface area contributed by atoms with Gasteiger partial charge in [-0.05, 0) is 66.2 Å². The van der Waals surface area contributed by atoms with Gasteiger partial charge in [0.25, 0.3) is 0 Å². The zero-order valence-electron chi connectivity index (χ0n) is 26.2. The summed E-state index contributed by atoms with van der Waals surface area (Å²) in [6, 6.07) is 37.2. The molecule has 0 aliphatic heterocycles. The monoisotopic (exact) mass is 634 g/mol. The molecule has 1 fully saturated rings. The van der Waals surface area contributed by atoms with Gasteiger partial charge in [0.2, 0.25) is 0 Å². The Morgan fingerprint density at radius 3 is 1.83 bits per heavy atom. The second kappa shape index (κ2) is 15.2. The number of halogens is 1. The highest BCUT2D eigenvalue weighted by molar-refractivity contribution is 7.97. The van der Waals surface area contributed by atoms with Crippen molar-refractivity contribution in [1.29, 1.82) is 5.26 Å². The highest BCUT2D eigenvalue weighted by atomic mass is 31.2. The summed E-state index contributed by atoms with van der Waals surface area (Å²) in [6.07, 6.45) is 4.75. The number of ketones is 1. The van der Waals surface area contributed by atoms with Crippen molar-refractivity contribution in [3.63, 3.8) is 0 Å². The normalized spacial score (nSPS) is 14.3. The maximum absolute atomic E-state index is 14.7. The summed E-state index contributed by atoms with van der Waals surface area (Å²) in [4.78, 5) is 28.0. The zero-order chi connectivity index (χ0) is 32.4. The molecular formula is C39H40FN2O3P. The Labute approximate surface area is 271 Å². The molecule has 1 N–H and O–H groups in total. The number of hydrogen-bond acceptors (Lipinski definition) is 4. The van der Waals surface area contributed by atoms with E-state index in [1.807, 2.05) is 97.9 Å². The van der Waals surface area contributed by atoms with Crippen molar-refractivity contribution >= 4 is 40.0 Å². The number of rotatable bonds is 13. The number of Topliss-reactive ketones (excluding diaryl/α,β-unsaturated/α-hetero) is 1. The average molecular weight is 635 g/mol. The van der Waals surface area contributed by atoms with Gasteiger partial charge in [-0.2, -0.15) is 5.26 Å². The Morgan fingerprint density at radius 2 is 1.39 bits per heavy atom. The van der Waals surface area contributed by atoms with Gasteiger partial charge in [0.1, 0.15) is 17.2 Å². The van der Waals surface area contributed by atoms with Gasteiger partial charge in [-0.25, -0.2) is 9.18 Å². The first kappa shape index (κ1) is 32.9. The minimum absolute atomic E-state index is 0.143. The number of carbonyl (C=O) groups is 2. The zero-order valence-corrected chi connectivity index (χ0v) is 27.1. The van der Waals surface area contributed by atoms with Gasteiger partial charge < -0.3 is 10.1 Å². The van der Waals surface area contributed by atoms with Crippen molar-refractivity contribution in [3.05, 3.63) is 127 Å². The summed E-state index contributed by atoms with van der Waals surface area (Å²) in [5.74, 6) is -0.668. The molecule has 1 saturated carbocycles. The van der Waals surface area contributed by atoms with Crippen molar-refractivity contribution in [3.8, 4) is 6.07 Å². The van der Waals surface area contributed by atoms with Crippen LogP contribution in [0.15, 0.2) is 115 Å². The molecule has 0 heterocycles. The van der Waals surface area contributed by atoms with Crippen LogP contribution in [-0.2, 0) is 16.0 Å². The maximum atomic E-state index is 14.7. The van der Waals surface area contributed by atoms with Crippen LogP contribution in [0.4, 0.5) is 9.18 Å². The lowest BCUT2D eigenvalue weighted by molar-refractivity contribution is -0.114. The number of hydrogen-bond donors (Lipinski definition) is 1. The summed E-state index contributed by atoms with van der Waals surface area (Å²) < 4.78 is 19.3. The number of carbonyl (C=O) groups excluding carboxylic acids is 2. The van der Waals surface area contributed by atoms with Crippen molar-refractivity contribution < 1.29 is 18.7 Å². The Morgan fingerprint density at radius 1 is 0.870 bits per heavy atom. The third-order valence-corrected chi connectivity index (χ3v) is 13.2. The van der Waals surface area contributed by atoms with Crippen LogP contribution in [0.5, 0.6) is 0 Å². The first-order chi connectivity index (χ1) is 22.4. The predicted molar refractivity (Wildman–Crippen MR) is 185 cm³/mol. The summed E-state index contributed by atoms with van der Waals surface area (Å²) in [6.45, 7) is -0.711. The molecule has 0 saturated heterocycles. The minimum atomic E-state index is -2.94. The molecular weight excluding hydrogens is 594 g/mol. The molecule has 1 amide bonds. The highest BCUT2D eigenvalue weighted by Crippen LogP contribution is 2.47. The molecule has 7 heteroatoms. The number of benzene rings is 4. The lowest BCUT2D eigenvalue weighted by Gasteiger charge is -2.41. The standard InChI is InChI=1S/C39H40FN2O3P/c1-2-3-20-35(42-38(44)45-29-39(25-13-26-39)27-30-21-23-31(40)24-22-30)37(43)36(28-41)46(32-14-7-4-8-15-32,33-16-9-5-10-17-33)34-18-11-6-12-19-34/h4-12,14-19,21-24,35H,2-3,13,20,25-27,29H2,1H3,(H,42,44). The van der Waals surface area contributed by atoms with E-state index >= 15 is 0 Å². The fourth-order valence-electron chi connectivity index (χ4n) is 6.41. The fourth-order valence-corrected chi connectivity index (χ4v) is 10.6. The number of ether oxygens (including phenoxy) is 1. The molecule has 4 aromatic rings. The number of alkyl carbamates (subject to hydrolysis) is 1. The molecule has 1 aliphatic carbocycles. The van der Waals surface area contributed by atoms with E-state index in [1.165, 1.54) is 12.1 Å². The second-order valence-electron chi connectivity index (χ2n) is 12.1. The van der Waals surface area contributed by atoms with Crippen molar-refractivity contribution in [2.75, 3.05) is 6.61 Å². The van der Waals surface area contributed by atoms with Gasteiger partial charge in [-0.1, -0.05) is 129 Å². The van der Waals surface area contributed by atoms with E-state index in [2.05, 4.69) is 11.4 Å². The van der Waals surface area contributed by atoms with Gasteiger partial charge in [0, 0.05) is 5.41 Å². The van der Waals surface area contributed by atoms with Crippen LogP contribution in [0, 0.1) is 22.6 Å². The molecule has 0 spiro atoms. The third-order valence-electron chi connectivity index (χ3n) is 8.98. The number of amides is 1. The fraction of sp³-hybridized carbons (Fsp3) is 0.282. The van der Waals surface area contributed by atoms with E-state index in [-0.39, 0.29) is 28.9 Å². The van der Waals surface area contributed by atoms with Gasteiger partial charge >= 0.3 is 6.09 Å². The van der Waals surface area contributed by atoms with Gasteiger partial charge in [-0.3, -0.25) is 4.79 Å². The smallest absolute Gasteiger partial charge is 0.407 e. The summed E-state index contributed by atoms with van der Waals surface area (Å²) >= 11 is 0. The molecule has 1 aliphatic rings. The quantitative estimate of drug-likeness (QED) is 0.160. The average Bonchev–Trinajstić information content (AvgIpc) is 3.08. The minimum Gasteiger partial charge on any atom is -0.449 e. The van der Waals surface area contributed by atoms with Crippen molar-refractivity contribution in [1.82, 2.24) is 5.32 Å². The molecule has 5 rings (SSSR count). The van der Waals surface area contributed by atoms with E-state index in [4.69, 9.17) is 4.74 Å². The molecule has 46 heavy (non-hydrogen) atoms. The van der Waals surface area contributed by atoms with Crippen molar-refractivity contribution in [2.45, 2.75) is 57.9 Å². The number of nitriles is 1. The van der Waals surface area contributed by atoms with Crippen LogP contribution in [0.2, 0.25) is 0 Å². The van der Waals surface area contributed by atoms with Gasteiger partial charge in [-0.15, -0.1) is 0 Å². The van der Waals surface area contributed by atoms with Crippen LogP contribution >= 0.6 is 6.89 Å². The SMILES string of the molecule is CCCCC(NC(=O)OCC1(Cc2ccc(F)cc2)CCC1)C(=O)C(C#N)=P(c1ccccc1)(c1ccccc1)c1ccccc1. The topological polar surface area (TPSA) is 79.2 Å². The van der Waals surface area contributed by atoms with Gasteiger partial charge in [0.15, 0.2) is 5.78 Å². The summed E-state index contributed by atoms with van der Waals surface area (Å²) in [7, 11) is 0. The summed E-state index contributed by atoms with van der Waals surface area (Å²) in [5.41, 5.74) is 0.786.